The van der Waals surface area contributed by atoms with Crippen molar-refractivity contribution in [1.29, 1.82) is 0 Å². The molecule has 0 aliphatic heterocycles. The summed E-state index contributed by atoms with van der Waals surface area (Å²) in [4.78, 5) is 0. The number of benzene rings is 2. The Morgan fingerprint density at radius 1 is 1.14 bits per heavy atom. The van der Waals surface area contributed by atoms with Crippen LogP contribution in [0.2, 0.25) is 0 Å². The molecule has 0 fully saturated rings. The fourth-order valence-electron chi connectivity index (χ4n) is 2.21. The smallest absolute Gasteiger partial charge is 0.165 e. The number of hydrogen-bond acceptors (Lipinski definition) is 2. The Kier molecular flexibility index (Phi) is 4.91. The summed E-state index contributed by atoms with van der Waals surface area (Å²) in [5.74, 6) is -1.26. The van der Waals surface area contributed by atoms with Gasteiger partial charge in [-0.15, -0.1) is 0 Å². The number of halogens is 2. The predicted molar refractivity (Wildman–Crippen MR) is 79.2 cm³/mol. The number of aryl methyl sites for hydroxylation is 1. The second kappa shape index (κ2) is 6.68. The summed E-state index contributed by atoms with van der Waals surface area (Å²) in [6.45, 7) is 3.87. The van der Waals surface area contributed by atoms with Gasteiger partial charge in [-0.1, -0.05) is 31.2 Å². The van der Waals surface area contributed by atoms with Gasteiger partial charge in [0.1, 0.15) is 11.9 Å². The lowest BCUT2D eigenvalue weighted by Gasteiger charge is -2.26. The maximum absolute atomic E-state index is 13.8. The molecule has 0 amide bonds. The van der Waals surface area contributed by atoms with Gasteiger partial charge in [0, 0.05) is 12.1 Å². The van der Waals surface area contributed by atoms with E-state index in [0.717, 1.165) is 29.3 Å². The fourth-order valence-corrected chi connectivity index (χ4v) is 2.21. The van der Waals surface area contributed by atoms with E-state index in [1.165, 1.54) is 0 Å². The van der Waals surface area contributed by atoms with Gasteiger partial charge in [0.15, 0.2) is 11.6 Å². The zero-order chi connectivity index (χ0) is 15.4. The minimum atomic E-state index is -0.599. The Morgan fingerprint density at radius 3 is 2.52 bits per heavy atom. The van der Waals surface area contributed by atoms with E-state index < -0.39 is 17.7 Å². The molecule has 2 aromatic rings. The molecular weight excluding hydrogens is 272 g/mol. The molecule has 2 nitrogen and oxygen atoms in total. The summed E-state index contributed by atoms with van der Waals surface area (Å²) >= 11 is 0. The molecule has 0 spiro atoms. The van der Waals surface area contributed by atoms with Gasteiger partial charge in [-0.2, -0.15) is 0 Å². The quantitative estimate of drug-likeness (QED) is 0.899. The molecule has 0 saturated carbocycles. The van der Waals surface area contributed by atoms with Crippen LogP contribution >= 0.6 is 0 Å². The third-order valence-electron chi connectivity index (χ3n) is 3.50. The van der Waals surface area contributed by atoms with Gasteiger partial charge >= 0.3 is 0 Å². The lowest BCUT2D eigenvalue weighted by Crippen LogP contribution is -2.32. The first-order chi connectivity index (χ1) is 10.0. The predicted octanol–water partition coefficient (Wildman–Crippen LogP) is 4.13. The van der Waals surface area contributed by atoms with Crippen molar-refractivity contribution in [1.82, 2.24) is 0 Å². The highest BCUT2D eigenvalue weighted by Gasteiger charge is 2.23. The summed E-state index contributed by atoms with van der Waals surface area (Å²) in [5.41, 5.74) is 8.00. The van der Waals surface area contributed by atoms with E-state index in [-0.39, 0.29) is 11.8 Å². The second-order valence-corrected chi connectivity index (χ2v) is 5.04. The van der Waals surface area contributed by atoms with E-state index in [0.29, 0.717) is 6.42 Å². The fraction of sp³-hybridized carbons (Fsp3) is 0.294. The molecule has 2 aromatic carbocycles. The normalized spacial score (nSPS) is 13.8. The van der Waals surface area contributed by atoms with Gasteiger partial charge in [-0.05, 0) is 36.6 Å². The number of ether oxygens (including phenoxy) is 1. The lowest BCUT2D eigenvalue weighted by atomic mass is 9.97. The van der Waals surface area contributed by atoms with Gasteiger partial charge < -0.3 is 10.5 Å². The molecule has 2 atom stereocenters. The summed E-state index contributed by atoms with van der Waals surface area (Å²) < 4.78 is 32.8. The van der Waals surface area contributed by atoms with Crippen LogP contribution in [0, 0.1) is 18.6 Å². The van der Waals surface area contributed by atoms with Crippen LogP contribution in [0.4, 0.5) is 8.78 Å². The van der Waals surface area contributed by atoms with Crippen molar-refractivity contribution in [2.75, 3.05) is 0 Å². The van der Waals surface area contributed by atoms with E-state index in [4.69, 9.17) is 10.5 Å². The highest BCUT2D eigenvalue weighted by atomic mass is 19.1. The highest BCUT2D eigenvalue weighted by molar-refractivity contribution is 5.32. The molecule has 112 valence electrons. The SMILES string of the molecule is CCC(N)C(Oc1cc(F)ccc1F)c1ccccc1C. The van der Waals surface area contributed by atoms with E-state index in [2.05, 4.69) is 0 Å². The molecule has 2 unspecified atom stereocenters. The minimum Gasteiger partial charge on any atom is -0.481 e. The Balaban J connectivity index is 2.38. The second-order valence-electron chi connectivity index (χ2n) is 5.04. The Hall–Kier alpha value is -1.94. The first-order valence-corrected chi connectivity index (χ1v) is 6.95. The zero-order valence-electron chi connectivity index (χ0n) is 12.1. The van der Waals surface area contributed by atoms with Crippen LogP contribution in [0.1, 0.15) is 30.6 Å². The summed E-state index contributed by atoms with van der Waals surface area (Å²) in [7, 11) is 0. The molecule has 0 saturated heterocycles. The monoisotopic (exact) mass is 291 g/mol. The maximum atomic E-state index is 13.8. The summed E-state index contributed by atoms with van der Waals surface area (Å²) in [6.07, 6.45) is 0.142. The largest absolute Gasteiger partial charge is 0.481 e. The molecule has 21 heavy (non-hydrogen) atoms. The molecule has 4 heteroatoms. The molecule has 0 aromatic heterocycles. The van der Waals surface area contributed by atoms with Crippen molar-refractivity contribution in [3.05, 3.63) is 65.2 Å². The Morgan fingerprint density at radius 2 is 1.86 bits per heavy atom. The van der Waals surface area contributed by atoms with E-state index in [1.54, 1.807) is 0 Å². The van der Waals surface area contributed by atoms with Crippen LogP contribution in [0.5, 0.6) is 5.75 Å². The van der Waals surface area contributed by atoms with Crippen molar-refractivity contribution >= 4 is 0 Å². The van der Waals surface area contributed by atoms with E-state index in [1.807, 2.05) is 38.1 Å². The molecule has 2 rings (SSSR count). The Labute approximate surface area is 123 Å². The lowest BCUT2D eigenvalue weighted by molar-refractivity contribution is 0.162. The average Bonchev–Trinajstić information content (AvgIpc) is 2.48. The number of hydrogen-bond donors (Lipinski definition) is 1. The summed E-state index contributed by atoms with van der Waals surface area (Å²) in [5, 5.41) is 0. The Bertz CT molecular complexity index is 615. The number of rotatable bonds is 5. The van der Waals surface area contributed by atoms with E-state index in [9.17, 15) is 8.78 Å². The van der Waals surface area contributed by atoms with E-state index >= 15 is 0 Å². The minimum absolute atomic E-state index is 0.118. The van der Waals surface area contributed by atoms with Crippen molar-refractivity contribution < 1.29 is 13.5 Å². The van der Waals surface area contributed by atoms with Crippen LogP contribution in [-0.4, -0.2) is 6.04 Å². The molecular formula is C17H19F2NO. The molecule has 2 N–H and O–H groups in total. The van der Waals surface area contributed by atoms with Crippen LogP contribution in [0.3, 0.4) is 0 Å². The van der Waals surface area contributed by atoms with Crippen LogP contribution in [0.15, 0.2) is 42.5 Å². The van der Waals surface area contributed by atoms with Gasteiger partial charge in [0.05, 0.1) is 0 Å². The standard InChI is InChI=1S/C17H19F2NO/c1-3-15(20)17(13-7-5-4-6-11(13)2)21-16-10-12(18)8-9-14(16)19/h4-10,15,17H,3,20H2,1-2H3. The van der Waals surface area contributed by atoms with Crippen LogP contribution in [0.25, 0.3) is 0 Å². The van der Waals surface area contributed by atoms with Gasteiger partial charge in [0.25, 0.3) is 0 Å². The van der Waals surface area contributed by atoms with Crippen molar-refractivity contribution in [3.8, 4) is 5.75 Å². The van der Waals surface area contributed by atoms with Gasteiger partial charge in [-0.3, -0.25) is 0 Å². The summed E-state index contributed by atoms with van der Waals surface area (Å²) in [6, 6.07) is 10.5. The molecule has 0 radical (unpaired) electrons. The van der Waals surface area contributed by atoms with Crippen molar-refractivity contribution in [2.45, 2.75) is 32.4 Å². The first-order valence-electron chi connectivity index (χ1n) is 6.95. The molecule has 0 aliphatic carbocycles. The molecule has 0 bridgehead atoms. The highest BCUT2D eigenvalue weighted by Crippen LogP contribution is 2.29. The van der Waals surface area contributed by atoms with Gasteiger partial charge in [-0.25, -0.2) is 8.78 Å². The number of nitrogens with two attached hydrogens (primary N) is 1. The van der Waals surface area contributed by atoms with Crippen molar-refractivity contribution in [2.24, 2.45) is 5.73 Å². The van der Waals surface area contributed by atoms with Crippen molar-refractivity contribution in [3.63, 3.8) is 0 Å². The molecule has 0 aliphatic rings. The first kappa shape index (κ1) is 15.4. The maximum Gasteiger partial charge on any atom is 0.165 e. The average molecular weight is 291 g/mol. The van der Waals surface area contributed by atoms with Crippen LogP contribution in [-0.2, 0) is 0 Å². The zero-order valence-corrected chi connectivity index (χ0v) is 12.1. The third kappa shape index (κ3) is 3.58. The third-order valence-corrected chi connectivity index (χ3v) is 3.50. The van der Waals surface area contributed by atoms with Crippen LogP contribution < -0.4 is 10.5 Å². The molecule has 0 heterocycles. The van der Waals surface area contributed by atoms with Gasteiger partial charge in [0.2, 0.25) is 0 Å². The topological polar surface area (TPSA) is 35.2 Å².